The number of pyridine rings is 1. The summed E-state index contributed by atoms with van der Waals surface area (Å²) in [4.78, 5) is 15.8. The molecule has 1 aliphatic rings. The minimum Gasteiger partial charge on any atom is -0.391 e. The molecule has 1 heterocycles. The Morgan fingerprint density at radius 3 is 2.70 bits per heavy atom. The maximum Gasteiger partial charge on any atom is 0.165 e. The van der Waals surface area contributed by atoms with E-state index >= 15 is 0 Å². The van der Waals surface area contributed by atoms with E-state index in [9.17, 15) is 9.90 Å². The lowest BCUT2D eigenvalue weighted by Gasteiger charge is -2.22. The van der Waals surface area contributed by atoms with Gasteiger partial charge in [0.25, 0.3) is 0 Å². The first-order valence-corrected chi connectivity index (χ1v) is 7.57. The van der Waals surface area contributed by atoms with Crippen LogP contribution in [-0.4, -0.2) is 35.1 Å². The highest BCUT2D eigenvalue weighted by atomic mass is 16.3. The lowest BCUT2D eigenvalue weighted by atomic mass is 9.89. The lowest BCUT2D eigenvalue weighted by molar-refractivity contribution is 0.0877. The van der Waals surface area contributed by atoms with E-state index in [1.807, 2.05) is 0 Å². The lowest BCUT2D eigenvalue weighted by Crippen LogP contribution is -2.32. The van der Waals surface area contributed by atoms with Crippen LogP contribution in [-0.2, 0) is 0 Å². The van der Waals surface area contributed by atoms with Gasteiger partial charge in [-0.2, -0.15) is 0 Å². The number of aliphatic hydroxyl groups is 1. The molecular weight excluding hydrogens is 252 g/mol. The quantitative estimate of drug-likeness (QED) is 0.749. The topological polar surface area (TPSA) is 62.2 Å². The zero-order valence-corrected chi connectivity index (χ0v) is 11.9. The molecule has 1 aliphatic carbocycles. The molecule has 0 amide bonds. The van der Waals surface area contributed by atoms with Gasteiger partial charge in [-0.25, -0.2) is 0 Å². The highest BCUT2D eigenvalue weighted by Gasteiger charge is 2.15. The molecule has 1 fully saturated rings. The molecule has 20 heavy (non-hydrogen) atoms. The Balaban J connectivity index is 1.64. The van der Waals surface area contributed by atoms with Gasteiger partial charge in [-0.05, 0) is 37.4 Å². The second kappa shape index (κ2) is 8.12. The highest BCUT2D eigenvalue weighted by Crippen LogP contribution is 2.22. The predicted molar refractivity (Wildman–Crippen MR) is 78.6 cm³/mol. The first kappa shape index (κ1) is 15.1. The Kier molecular flexibility index (Phi) is 6.15. The van der Waals surface area contributed by atoms with E-state index in [2.05, 4.69) is 10.3 Å². The molecule has 0 aromatic carbocycles. The van der Waals surface area contributed by atoms with Crippen LogP contribution in [0.25, 0.3) is 0 Å². The largest absolute Gasteiger partial charge is 0.391 e. The third kappa shape index (κ3) is 5.02. The minimum atomic E-state index is -0.612. The summed E-state index contributed by atoms with van der Waals surface area (Å²) >= 11 is 0. The van der Waals surface area contributed by atoms with Gasteiger partial charge in [0, 0.05) is 30.9 Å². The van der Waals surface area contributed by atoms with Crippen LogP contribution in [0.15, 0.2) is 24.5 Å². The number of hydrogen-bond acceptors (Lipinski definition) is 4. The number of nitrogens with zero attached hydrogens (tertiary/aromatic N) is 1. The van der Waals surface area contributed by atoms with Crippen molar-refractivity contribution in [2.75, 3.05) is 13.1 Å². The molecule has 0 spiro atoms. The van der Waals surface area contributed by atoms with E-state index in [0.717, 1.165) is 12.5 Å². The molecule has 2 N–H and O–H groups in total. The van der Waals surface area contributed by atoms with Crippen LogP contribution in [0.5, 0.6) is 0 Å². The first-order valence-electron chi connectivity index (χ1n) is 7.57. The number of rotatable bonds is 7. The van der Waals surface area contributed by atoms with Crippen molar-refractivity contribution in [2.45, 2.75) is 44.6 Å². The Hall–Kier alpha value is -1.26. The van der Waals surface area contributed by atoms with Crippen molar-refractivity contribution in [3.63, 3.8) is 0 Å². The van der Waals surface area contributed by atoms with Gasteiger partial charge < -0.3 is 10.4 Å². The van der Waals surface area contributed by atoms with Gasteiger partial charge in [0.1, 0.15) is 0 Å². The average Bonchev–Trinajstić information content (AvgIpc) is 2.49. The molecule has 1 unspecified atom stereocenters. The van der Waals surface area contributed by atoms with Crippen molar-refractivity contribution in [3.8, 4) is 0 Å². The van der Waals surface area contributed by atoms with Gasteiger partial charge in [-0.15, -0.1) is 0 Å². The number of Topliss-reactive ketones (excluding diaryl/α,β-unsaturated/α-hetero) is 1. The first-order chi connectivity index (χ1) is 9.75. The third-order valence-corrected chi connectivity index (χ3v) is 3.96. The van der Waals surface area contributed by atoms with E-state index in [4.69, 9.17) is 0 Å². The molecule has 2 rings (SSSR count). The molecule has 0 saturated heterocycles. The summed E-state index contributed by atoms with van der Waals surface area (Å²) in [5, 5.41) is 13.2. The van der Waals surface area contributed by atoms with Crippen LogP contribution in [0, 0.1) is 5.92 Å². The van der Waals surface area contributed by atoms with Crippen LogP contribution in [0.4, 0.5) is 0 Å². The van der Waals surface area contributed by atoms with Gasteiger partial charge in [0.2, 0.25) is 0 Å². The number of aromatic nitrogens is 1. The van der Waals surface area contributed by atoms with Crippen molar-refractivity contribution >= 4 is 5.78 Å². The Morgan fingerprint density at radius 1 is 1.30 bits per heavy atom. The second-order valence-electron chi connectivity index (χ2n) is 5.68. The monoisotopic (exact) mass is 276 g/mol. The number of aliphatic hydroxyl groups excluding tert-OH is 1. The smallest absolute Gasteiger partial charge is 0.165 e. The van der Waals surface area contributed by atoms with Crippen LogP contribution in [0.3, 0.4) is 0 Å². The summed E-state index contributed by atoms with van der Waals surface area (Å²) in [6.45, 7) is 1.45. The summed E-state index contributed by atoms with van der Waals surface area (Å²) in [6, 6.07) is 3.37. The predicted octanol–water partition coefficient (Wildman–Crippen LogP) is 2.19. The number of nitrogens with one attached hydrogen (secondary N) is 1. The summed E-state index contributed by atoms with van der Waals surface area (Å²) in [5.41, 5.74) is 0.617. The van der Waals surface area contributed by atoms with E-state index in [1.165, 1.54) is 32.1 Å². The van der Waals surface area contributed by atoms with Crippen molar-refractivity contribution in [1.82, 2.24) is 10.3 Å². The Morgan fingerprint density at radius 2 is 2.00 bits per heavy atom. The van der Waals surface area contributed by atoms with Gasteiger partial charge in [-0.1, -0.05) is 19.3 Å². The number of hydrogen-bond donors (Lipinski definition) is 2. The molecule has 1 atom stereocenters. The van der Waals surface area contributed by atoms with E-state index in [-0.39, 0.29) is 12.2 Å². The molecule has 4 heteroatoms. The van der Waals surface area contributed by atoms with Crippen LogP contribution < -0.4 is 5.32 Å². The van der Waals surface area contributed by atoms with Gasteiger partial charge >= 0.3 is 0 Å². The standard InChI is InChI=1S/C16H24N2O2/c19-15(10-16(20)14-6-8-17-9-7-14)12-18-11-13-4-2-1-3-5-13/h6-9,13,15,18-19H,1-5,10-12H2. The van der Waals surface area contributed by atoms with Crippen LogP contribution in [0.2, 0.25) is 0 Å². The van der Waals surface area contributed by atoms with Crippen molar-refractivity contribution in [1.29, 1.82) is 0 Å². The maximum absolute atomic E-state index is 11.9. The molecule has 1 saturated carbocycles. The molecular formula is C16H24N2O2. The molecule has 1 aromatic heterocycles. The SMILES string of the molecule is O=C(CC(O)CNCC1CCCCC1)c1ccncc1. The molecule has 110 valence electrons. The second-order valence-corrected chi connectivity index (χ2v) is 5.68. The zero-order valence-electron chi connectivity index (χ0n) is 11.9. The molecule has 0 bridgehead atoms. The molecule has 0 aliphatic heterocycles. The van der Waals surface area contributed by atoms with Crippen molar-refractivity contribution in [2.24, 2.45) is 5.92 Å². The zero-order chi connectivity index (χ0) is 14.2. The fourth-order valence-corrected chi connectivity index (χ4v) is 2.79. The van der Waals surface area contributed by atoms with E-state index in [0.29, 0.717) is 12.1 Å². The maximum atomic E-state index is 11.9. The number of carbonyl (C=O) groups is 1. The fourth-order valence-electron chi connectivity index (χ4n) is 2.79. The van der Waals surface area contributed by atoms with E-state index in [1.54, 1.807) is 24.5 Å². The van der Waals surface area contributed by atoms with Gasteiger partial charge in [-0.3, -0.25) is 9.78 Å². The summed E-state index contributed by atoms with van der Waals surface area (Å²) in [6.07, 6.45) is 9.35. The van der Waals surface area contributed by atoms with Gasteiger partial charge in [0.15, 0.2) is 5.78 Å². The highest BCUT2D eigenvalue weighted by molar-refractivity contribution is 5.96. The third-order valence-electron chi connectivity index (χ3n) is 3.96. The van der Waals surface area contributed by atoms with Crippen LogP contribution in [0.1, 0.15) is 48.9 Å². The molecule has 1 aromatic rings. The number of ketones is 1. The van der Waals surface area contributed by atoms with Crippen molar-refractivity contribution in [3.05, 3.63) is 30.1 Å². The van der Waals surface area contributed by atoms with E-state index < -0.39 is 6.10 Å². The fraction of sp³-hybridized carbons (Fsp3) is 0.625. The van der Waals surface area contributed by atoms with Gasteiger partial charge in [0.05, 0.1) is 6.10 Å². The summed E-state index contributed by atoms with van der Waals surface area (Å²) in [5.74, 6) is 0.714. The Bertz CT molecular complexity index is 402. The average molecular weight is 276 g/mol. The molecule has 4 nitrogen and oxygen atoms in total. The minimum absolute atomic E-state index is 0.0284. The number of carbonyl (C=O) groups excluding carboxylic acids is 1. The summed E-state index contributed by atoms with van der Waals surface area (Å²) < 4.78 is 0. The summed E-state index contributed by atoms with van der Waals surface area (Å²) in [7, 11) is 0. The van der Waals surface area contributed by atoms with Crippen molar-refractivity contribution < 1.29 is 9.90 Å². The normalized spacial score (nSPS) is 17.9. The Labute approximate surface area is 120 Å². The van der Waals surface area contributed by atoms with Crippen LogP contribution >= 0.6 is 0 Å². The molecule has 0 radical (unpaired) electrons.